The normalized spacial score (nSPS) is 14.3. The van der Waals surface area contributed by atoms with Crippen LogP contribution in [0.2, 0.25) is 0 Å². The van der Waals surface area contributed by atoms with Crippen LogP contribution in [0.5, 0.6) is 0 Å². The molecular weight excluding hydrogens is 568 g/mol. The van der Waals surface area contributed by atoms with Gasteiger partial charge in [-0.15, -0.1) is 0 Å². The number of nitro groups is 1. The number of hydrogen-bond donors (Lipinski definition) is 0. The van der Waals surface area contributed by atoms with Gasteiger partial charge in [-0.1, -0.05) is 18.2 Å². The lowest BCUT2D eigenvalue weighted by molar-refractivity contribution is -0.384. The van der Waals surface area contributed by atoms with Gasteiger partial charge in [-0.3, -0.25) is 14.4 Å². The molecule has 0 atom stereocenters. The van der Waals surface area contributed by atoms with Crippen molar-refractivity contribution in [1.29, 1.82) is 0 Å². The molecule has 3 heterocycles. The first kappa shape index (κ1) is 25.2. The van der Waals surface area contributed by atoms with Gasteiger partial charge in [0.2, 0.25) is 0 Å². The van der Waals surface area contributed by atoms with E-state index in [1.165, 1.54) is 34.9 Å². The van der Waals surface area contributed by atoms with Crippen LogP contribution in [0.1, 0.15) is 12.0 Å². The first-order valence-electron chi connectivity index (χ1n) is 11.2. The number of sulfonamides is 1. The lowest BCUT2D eigenvalue weighted by Crippen LogP contribution is -2.34. The van der Waals surface area contributed by atoms with Gasteiger partial charge in [0.25, 0.3) is 15.7 Å². The maximum Gasteiger partial charge on any atom is 0.269 e. The molecule has 14 heteroatoms. The molecule has 37 heavy (non-hydrogen) atoms. The second-order valence-corrected chi connectivity index (χ2v) is 10.7. The van der Waals surface area contributed by atoms with Gasteiger partial charge in [-0.05, 0) is 39.7 Å². The number of anilines is 1. The summed E-state index contributed by atoms with van der Waals surface area (Å²) in [6, 6.07) is 12.0. The molecule has 0 spiro atoms. The number of hydrogen-bond acceptors (Lipinski definition) is 9. The average Bonchev–Trinajstić information content (AvgIpc) is 3.56. The maximum absolute atomic E-state index is 13.9. The smallest absolute Gasteiger partial charge is 0.269 e. The van der Waals surface area contributed by atoms with Crippen molar-refractivity contribution in [1.82, 2.24) is 19.5 Å². The van der Waals surface area contributed by atoms with Crippen LogP contribution >= 0.6 is 15.9 Å². The third-order valence-electron chi connectivity index (χ3n) is 5.85. The van der Waals surface area contributed by atoms with E-state index >= 15 is 0 Å². The van der Waals surface area contributed by atoms with Crippen molar-refractivity contribution in [2.75, 3.05) is 24.1 Å². The monoisotopic (exact) mass is 588 g/mol. The fraction of sp³-hybridized carbons (Fsp3) is 0.261. The Morgan fingerprint density at radius 3 is 2.54 bits per heavy atom. The van der Waals surface area contributed by atoms with E-state index < -0.39 is 21.2 Å². The molecule has 0 bridgehead atoms. The second kappa shape index (κ2) is 10.5. The van der Waals surface area contributed by atoms with E-state index in [1.54, 1.807) is 23.0 Å². The maximum atomic E-state index is 13.9. The van der Waals surface area contributed by atoms with Crippen molar-refractivity contribution < 1.29 is 22.8 Å². The van der Waals surface area contributed by atoms with Crippen molar-refractivity contribution in [3.8, 4) is 0 Å². The summed E-state index contributed by atoms with van der Waals surface area (Å²) in [6.07, 6.45) is 2.82. The summed E-state index contributed by atoms with van der Waals surface area (Å²) in [6.45, 7) is 1.25. The Morgan fingerprint density at radius 1 is 1.08 bits per heavy atom. The summed E-state index contributed by atoms with van der Waals surface area (Å²) in [5, 5.41) is 11.1. The Bertz CT molecular complexity index is 1540. The van der Waals surface area contributed by atoms with E-state index in [4.69, 9.17) is 9.47 Å². The van der Waals surface area contributed by atoms with Gasteiger partial charge in [-0.25, -0.2) is 23.4 Å². The Hall–Kier alpha value is -3.46. The molecule has 0 amide bonds. The van der Waals surface area contributed by atoms with Gasteiger partial charge in [0.15, 0.2) is 11.9 Å². The fourth-order valence-electron chi connectivity index (χ4n) is 4.07. The predicted molar refractivity (Wildman–Crippen MR) is 137 cm³/mol. The highest BCUT2D eigenvalue weighted by molar-refractivity contribution is 9.10. The Kier molecular flexibility index (Phi) is 7.15. The zero-order valence-corrected chi connectivity index (χ0v) is 21.7. The molecule has 0 saturated carbocycles. The minimum atomic E-state index is -4.10. The van der Waals surface area contributed by atoms with E-state index in [0.29, 0.717) is 53.2 Å². The highest BCUT2D eigenvalue weighted by atomic mass is 79.9. The predicted octanol–water partition coefficient (Wildman–Crippen LogP) is 3.50. The van der Waals surface area contributed by atoms with Crippen LogP contribution in [0.4, 0.5) is 11.4 Å². The van der Waals surface area contributed by atoms with Crippen molar-refractivity contribution in [2.24, 2.45) is 0 Å². The topological polar surface area (TPSA) is 143 Å². The highest BCUT2D eigenvalue weighted by Gasteiger charge is 2.29. The third-order valence-corrected chi connectivity index (χ3v) is 8.26. The molecule has 2 aromatic carbocycles. The lowest BCUT2D eigenvalue weighted by atomic mass is 10.1. The Morgan fingerprint density at radius 2 is 1.81 bits per heavy atom. The summed E-state index contributed by atoms with van der Waals surface area (Å²) >= 11 is 3.37. The van der Waals surface area contributed by atoms with E-state index in [0.717, 1.165) is 0 Å². The lowest BCUT2D eigenvalue weighted by Gasteiger charge is -2.27. The molecule has 12 nitrogen and oxygen atoms in total. The fourth-order valence-corrected chi connectivity index (χ4v) is 5.96. The average molecular weight is 589 g/mol. The molecule has 192 valence electrons. The third kappa shape index (κ3) is 5.18. The summed E-state index contributed by atoms with van der Waals surface area (Å²) in [5.41, 5.74) is 2.14. The summed E-state index contributed by atoms with van der Waals surface area (Å²) < 4.78 is 42.4. The van der Waals surface area contributed by atoms with Gasteiger partial charge in [0, 0.05) is 25.1 Å². The minimum Gasteiger partial charge on any atom is -0.350 e. The van der Waals surface area contributed by atoms with Crippen molar-refractivity contribution in [3.63, 3.8) is 0 Å². The molecule has 1 fully saturated rings. The largest absolute Gasteiger partial charge is 0.350 e. The highest BCUT2D eigenvalue weighted by Crippen LogP contribution is 2.30. The molecule has 0 radical (unpaired) electrons. The number of halogens is 1. The Balaban J connectivity index is 1.54. The van der Waals surface area contributed by atoms with E-state index in [9.17, 15) is 18.5 Å². The van der Waals surface area contributed by atoms with E-state index in [2.05, 4.69) is 30.9 Å². The first-order chi connectivity index (χ1) is 17.8. The van der Waals surface area contributed by atoms with Crippen LogP contribution in [0.3, 0.4) is 0 Å². The number of para-hydroxylation sites is 1. The van der Waals surface area contributed by atoms with Crippen molar-refractivity contribution in [3.05, 3.63) is 81.5 Å². The van der Waals surface area contributed by atoms with Crippen LogP contribution < -0.4 is 4.31 Å². The number of benzene rings is 2. The number of non-ortho nitro benzene ring substituents is 1. The Labute approximate surface area is 220 Å². The first-order valence-corrected chi connectivity index (χ1v) is 13.5. The standard InChI is InChI=1S/C23H21BrN6O6S/c24-22-21-23(26-14-25-22)28(15-27-21)13-16-3-1-2-4-19(16)29(10-9-20-35-11-12-36-20)37(33,34)18-7-5-17(6-8-18)30(31)32/h1-8,14-15,20H,9-13H2. The van der Waals surface area contributed by atoms with Gasteiger partial charge in [0.1, 0.15) is 16.4 Å². The number of ether oxygens (including phenoxy) is 2. The molecule has 5 rings (SSSR count). The van der Waals surface area contributed by atoms with Gasteiger partial charge >= 0.3 is 0 Å². The second-order valence-electron chi connectivity index (χ2n) is 8.13. The van der Waals surface area contributed by atoms with E-state index in [1.807, 2.05) is 12.1 Å². The van der Waals surface area contributed by atoms with Crippen molar-refractivity contribution in [2.45, 2.75) is 24.2 Å². The van der Waals surface area contributed by atoms with Gasteiger partial charge in [0.05, 0.1) is 41.6 Å². The summed E-state index contributed by atoms with van der Waals surface area (Å²) in [7, 11) is -4.10. The number of fused-ring (bicyclic) bond motifs is 1. The number of imidazole rings is 1. The molecule has 0 N–H and O–H groups in total. The summed E-state index contributed by atoms with van der Waals surface area (Å²) in [4.78, 5) is 23.2. The van der Waals surface area contributed by atoms with Crippen LogP contribution in [0.25, 0.3) is 11.2 Å². The van der Waals surface area contributed by atoms with Crippen molar-refractivity contribution >= 4 is 48.5 Å². The molecule has 0 unspecified atom stereocenters. The van der Waals surface area contributed by atoms with E-state index in [-0.39, 0.29) is 17.1 Å². The zero-order valence-electron chi connectivity index (χ0n) is 19.3. The minimum absolute atomic E-state index is 0.0640. The molecule has 2 aromatic heterocycles. The number of nitro benzene ring substituents is 1. The van der Waals surface area contributed by atoms with Gasteiger partial charge in [-0.2, -0.15) is 0 Å². The summed E-state index contributed by atoms with van der Waals surface area (Å²) in [5.74, 6) is 0. The number of nitrogens with zero attached hydrogens (tertiary/aromatic N) is 6. The van der Waals surface area contributed by atoms with Crippen LogP contribution in [-0.4, -0.2) is 58.9 Å². The number of rotatable bonds is 9. The van der Waals surface area contributed by atoms with Gasteiger partial charge < -0.3 is 14.0 Å². The zero-order chi connectivity index (χ0) is 26.0. The molecular formula is C23H21BrN6O6S. The molecule has 4 aromatic rings. The van der Waals surface area contributed by atoms with Crippen LogP contribution in [0, 0.1) is 10.1 Å². The molecule has 1 aliphatic heterocycles. The molecule has 0 aliphatic carbocycles. The van der Waals surface area contributed by atoms with Crippen LogP contribution in [0.15, 0.2) is 70.7 Å². The SMILES string of the molecule is O=[N+]([O-])c1ccc(S(=O)(=O)N(CCC2OCCO2)c2ccccc2Cn2cnc3c(Br)ncnc32)cc1. The molecule has 1 aliphatic rings. The molecule has 1 saturated heterocycles. The van der Waals surface area contributed by atoms with Crippen LogP contribution in [-0.2, 0) is 26.0 Å². The number of aromatic nitrogens is 4. The quantitative estimate of drug-likeness (QED) is 0.163.